The number of nitrogen functional groups attached to an aromatic ring is 1. The van der Waals surface area contributed by atoms with E-state index in [0.29, 0.717) is 29.2 Å². The molecule has 0 aliphatic heterocycles. The zero-order valence-electron chi connectivity index (χ0n) is 17.8. The Bertz CT molecular complexity index is 1050. The lowest BCUT2D eigenvalue weighted by Crippen LogP contribution is -2.25. The quantitative estimate of drug-likeness (QED) is 0.367. The standard InChI is InChI=1S/C22H29N5O4/c1-3-4-5-16(13-28)24-21-20-17(25-22(23)26-21)8-9-27(20)12-15-10-14(11-19(29)30)6-7-18(15)31-2/h6-10,16,28H,3-5,11-13H2,1-2H3,(H,29,30)(H3,23,24,25,26)/t16-/m0/s1. The number of aliphatic hydroxyl groups is 1. The van der Waals surface area contributed by atoms with Gasteiger partial charge in [0.05, 0.1) is 38.2 Å². The number of carbonyl (C=O) groups is 1. The Hall–Kier alpha value is -3.33. The van der Waals surface area contributed by atoms with Crippen LogP contribution in [0.15, 0.2) is 30.5 Å². The first kappa shape index (κ1) is 22.4. The molecule has 0 saturated heterocycles. The number of nitrogens with one attached hydrogen (secondary N) is 1. The van der Waals surface area contributed by atoms with Crippen molar-refractivity contribution in [2.75, 3.05) is 24.8 Å². The molecule has 2 aromatic heterocycles. The van der Waals surface area contributed by atoms with Gasteiger partial charge in [0.15, 0.2) is 5.82 Å². The second-order valence-corrected chi connectivity index (χ2v) is 7.49. The summed E-state index contributed by atoms with van der Waals surface area (Å²) in [5.74, 6) is 0.488. The van der Waals surface area contributed by atoms with Gasteiger partial charge in [-0.05, 0) is 30.2 Å². The molecule has 0 aliphatic rings. The number of benzene rings is 1. The van der Waals surface area contributed by atoms with Gasteiger partial charge in [0, 0.05) is 11.8 Å². The zero-order valence-corrected chi connectivity index (χ0v) is 17.8. The summed E-state index contributed by atoms with van der Waals surface area (Å²) < 4.78 is 7.45. The Kier molecular flexibility index (Phi) is 7.30. The number of carboxylic acid groups (broad SMARTS) is 1. The maximum Gasteiger partial charge on any atom is 0.307 e. The summed E-state index contributed by atoms with van der Waals surface area (Å²) in [6.45, 7) is 2.52. The van der Waals surface area contributed by atoms with Gasteiger partial charge < -0.3 is 30.6 Å². The molecule has 166 valence electrons. The third kappa shape index (κ3) is 5.43. The van der Waals surface area contributed by atoms with Gasteiger partial charge in [-0.25, -0.2) is 4.98 Å². The highest BCUT2D eigenvalue weighted by Crippen LogP contribution is 2.27. The van der Waals surface area contributed by atoms with Crippen LogP contribution in [0.1, 0.15) is 37.3 Å². The van der Waals surface area contributed by atoms with Crippen molar-refractivity contribution in [2.45, 2.75) is 45.2 Å². The summed E-state index contributed by atoms with van der Waals surface area (Å²) in [7, 11) is 1.58. The Morgan fingerprint density at radius 2 is 2.13 bits per heavy atom. The van der Waals surface area contributed by atoms with E-state index < -0.39 is 5.97 Å². The van der Waals surface area contributed by atoms with Gasteiger partial charge in [-0.15, -0.1) is 0 Å². The summed E-state index contributed by atoms with van der Waals surface area (Å²) in [5, 5.41) is 22.2. The molecule has 9 heteroatoms. The number of nitrogens with zero attached hydrogens (tertiary/aromatic N) is 3. The van der Waals surface area contributed by atoms with Crippen LogP contribution in [0.4, 0.5) is 11.8 Å². The van der Waals surface area contributed by atoms with Crippen LogP contribution in [0.25, 0.3) is 11.0 Å². The van der Waals surface area contributed by atoms with Crippen molar-refractivity contribution in [3.8, 4) is 5.75 Å². The number of carboxylic acids is 1. The lowest BCUT2D eigenvalue weighted by Gasteiger charge is -2.19. The van der Waals surface area contributed by atoms with Crippen LogP contribution < -0.4 is 15.8 Å². The molecule has 0 bridgehead atoms. The van der Waals surface area contributed by atoms with Crippen molar-refractivity contribution in [3.05, 3.63) is 41.6 Å². The molecule has 0 spiro atoms. The van der Waals surface area contributed by atoms with E-state index in [4.69, 9.17) is 15.6 Å². The van der Waals surface area contributed by atoms with Crippen molar-refractivity contribution in [2.24, 2.45) is 0 Å². The minimum absolute atomic E-state index is 0.0167. The molecule has 0 saturated carbocycles. The predicted molar refractivity (Wildman–Crippen MR) is 119 cm³/mol. The van der Waals surface area contributed by atoms with Crippen molar-refractivity contribution in [1.29, 1.82) is 0 Å². The Morgan fingerprint density at radius 3 is 2.81 bits per heavy atom. The topological polar surface area (TPSA) is 136 Å². The van der Waals surface area contributed by atoms with E-state index in [1.165, 1.54) is 0 Å². The number of nitrogens with two attached hydrogens (primary N) is 1. The summed E-state index contributed by atoms with van der Waals surface area (Å²) in [5.41, 5.74) is 8.88. The normalized spacial score (nSPS) is 12.1. The van der Waals surface area contributed by atoms with Crippen LogP contribution in [0, 0.1) is 0 Å². The molecule has 2 heterocycles. The van der Waals surface area contributed by atoms with Crippen molar-refractivity contribution in [3.63, 3.8) is 0 Å². The molecule has 0 aliphatic carbocycles. The minimum atomic E-state index is -0.889. The molecular formula is C22H29N5O4. The third-order valence-electron chi connectivity index (χ3n) is 5.14. The number of rotatable bonds is 11. The molecule has 3 aromatic rings. The summed E-state index contributed by atoms with van der Waals surface area (Å²) in [6, 6.07) is 7.07. The van der Waals surface area contributed by atoms with Gasteiger partial charge in [0.25, 0.3) is 0 Å². The average molecular weight is 428 g/mol. The summed E-state index contributed by atoms with van der Waals surface area (Å²) in [6.07, 6.45) is 4.64. The van der Waals surface area contributed by atoms with Crippen LogP contribution >= 0.6 is 0 Å². The molecule has 3 rings (SSSR count). The number of unbranched alkanes of at least 4 members (excludes halogenated alkanes) is 1. The summed E-state index contributed by atoms with van der Waals surface area (Å²) in [4.78, 5) is 19.8. The van der Waals surface area contributed by atoms with Gasteiger partial charge in [0.1, 0.15) is 11.3 Å². The second-order valence-electron chi connectivity index (χ2n) is 7.49. The van der Waals surface area contributed by atoms with Crippen LogP contribution in [-0.2, 0) is 17.8 Å². The van der Waals surface area contributed by atoms with Crippen molar-refractivity contribution < 1.29 is 19.7 Å². The number of anilines is 2. The van der Waals surface area contributed by atoms with Gasteiger partial charge in [-0.3, -0.25) is 4.79 Å². The van der Waals surface area contributed by atoms with Gasteiger partial charge >= 0.3 is 5.97 Å². The van der Waals surface area contributed by atoms with E-state index in [1.54, 1.807) is 19.2 Å². The largest absolute Gasteiger partial charge is 0.496 e. The van der Waals surface area contributed by atoms with E-state index in [0.717, 1.165) is 30.3 Å². The molecule has 1 atom stereocenters. The van der Waals surface area contributed by atoms with Gasteiger partial charge in [0.2, 0.25) is 5.95 Å². The summed E-state index contributed by atoms with van der Waals surface area (Å²) >= 11 is 0. The molecule has 1 aromatic carbocycles. The predicted octanol–water partition coefficient (Wildman–Crippen LogP) is 2.66. The number of aromatic nitrogens is 3. The second kappa shape index (κ2) is 10.1. The van der Waals surface area contributed by atoms with E-state index in [9.17, 15) is 9.90 Å². The molecule has 31 heavy (non-hydrogen) atoms. The van der Waals surface area contributed by atoms with Crippen LogP contribution in [0.3, 0.4) is 0 Å². The Labute approximate surface area is 180 Å². The van der Waals surface area contributed by atoms with Crippen molar-refractivity contribution >= 4 is 28.8 Å². The smallest absolute Gasteiger partial charge is 0.307 e. The fraction of sp³-hybridized carbons (Fsp3) is 0.409. The van der Waals surface area contributed by atoms with E-state index in [1.807, 2.05) is 22.9 Å². The fourth-order valence-corrected chi connectivity index (χ4v) is 3.63. The van der Waals surface area contributed by atoms with Crippen LogP contribution in [0.2, 0.25) is 0 Å². The molecule has 0 amide bonds. The highest BCUT2D eigenvalue weighted by Gasteiger charge is 2.17. The lowest BCUT2D eigenvalue weighted by molar-refractivity contribution is -0.136. The Balaban J connectivity index is 1.99. The number of fused-ring (bicyclic) bond motifs is 1. The van der Waals surface area contributed by atoms with Gasteiger partial charge in [-0.2, -0.15) is 4.98 Å². The molecular weight excluding hydrogens is 398 g/mol. The first-order chi connectivity index (χ1) is 14.9. The maximum absolute atomic E-state index is 11.1. The van der Waals surface area contributed by atoms with Crippen LogP contribution in [0.5, 0.6) is 5.75 Å². The molecule has 0 radical (unpaired) electrons. The third-order valence-corrected chi connectivity index (χ3v) is 5.14. The van der Waals surface area contributed by atoms with E-state index in [-0.39, 0.29) is 25.0 Å². The minimum Gasteiger partial charge on any atom is -0.496 e. The number of methoxy groups -OCH3 is 1. The van der Waals surface area contributed by atoms with E-state index >= 15 is 0 Å². The number of ether oxygens (including phenoxy) is 1. The highest BCUT2D eigenvalue weighted by molar-refractivity contribution is 5.87. The number of aliphatic carboxylic acids is 1. The van der Waals surface area contributed by atoms with Gasteiger partial charge in [-0.1, -0.05) is 25.8 Å². The molecule has 5 N–H and O–H groups in total. The zero-order chi connectivity index (χ0) is 22.4. The Morgan fingerprint density at radius 1 is 1.32 bits per heavy atom. The molecule has 0 unspecified atom stereocenters. The first-order valence-corrected chi connectivity index (χ1v) is 10.3. The maximum atomic E-state index is 11.1. The number of hydrogen-bond acceptors (Lipinski definition) is 7. The van der Waals surface area contributed by atoms with E-state index in [2.05, 4.69) is 22.2 Å². The van der Waals surface area contributed by atoms with Crippen LogP contribution in [-0.4, -0.2) is 50.5 Å². The average Bonchev–Trinajstić information content (AvgIpc) is 3.13. The lowest BCUT2D eigenvalue weighted by atomic mass is 10.1. The SMILES string of the molecule is CCCC[C@@H](CO)Nc1nc(N)nc2ccn(Cc3cc(CC(=O)O)ccc3OC)c12. The molecule has 9 nitrogen and oxygen atoms in total. The highest BCUT2D eigenvalue weighted by atomic mass is 16.5. The fourth-order valence-electron chi connectivity index (χ4n) is 3.63. The first-order valence-electron chi connectivity index (χ1n) is 10.3. The number of aliphatic hydroxyl groups excluding tert-OH is 1. The van der Waals surface area contributed by atoms with Crippen molar-refractivity contribution in [1.82, 2.24) is 14.5 Å². The molecule has 0 fully saturated rings. The monoisotopic (exact) mass is 427 g/mol. The number of hydrogen-bond donors (Lipinski definition) is 4.